The van der Waals surface area contributed by atoms with Gasteiger partial charge in [-0.2, -0.15) is 0 Å². The van der Waals surface area contributed by atoms with Crippen molar-refractivity contribution in [2.45, 2.75) is 68.2 Å². The quantitative estimate of drug-likeness (QED) is 0.228. The van der Waals surface area contributed by atoms with Gasteiger partial charge >= 0.3 is 0 Å². The Kier molecular flexibility index (Phi) is 7.88. The number of amides is 1. The molecule has 2 fully saturated rings. The normalized spacial score (nSPS) is 45.5. The van der Waals surface area contributed by atoms with Crippen LogP contribution in [0.5, 0.6) is 0 Å². The zero-order valence-corrected chi connectivity index (χ0v) is 15.0. The van der Waals surface area contributed by atoms with Crippen molar-refractivity contribution in [1.29, 1.82) is 0 Å². The van der Waals surface area contributed by atoms with E-state index in [1.54, 1.807) is 0 Å². The zero-order chi connectivity index (χ0) is 20.3. The van der Waals surface area contributed by atoms with Crippen LogP contribution < -0.4 is 11.1 Å². The number of rotatable bonds is 6. The molecule has 0 radical (unpaired) electrons. The Hall–Kier alpha value is -0.930. The van der Waals surface area contributed by atoms with Gasteiger partial charge in [-0.1, -0.05) is 0 Å². The summed E-state index contributed by atoms with van der Waals surface area (Å²) in [6.07, 6.45) is -9.87. The second-order valence-corrected chi connectivity index (χ2v) is 6.56. The van der Waals surface area contributed by atoms with Gasteiger partial charge in [0.15, 0.2) is 12.6 Å². The van der Waals surface area contributed by atoms with Crippen LogP contribution in [0.2, 0.25) is 0 Å². The SMILES string of the molecule is COC1C(CO)OC(OC2C(CO)OC(O)C(N)C2O)C(NC(C)=O)[C@H]1O. The van der Waals surface area contributed by atoms with Gasteiger partial charge in [0.1, 0.15) is 42.7 Å². The number of nitrogens with two attached hydrogens (primary N) is 1. The maximum Gasteiger partial charge on any atom is 0.217 e. The lowest BCUT2D eigenvalue weighted by Gasteiger charge is -2.47. The van der Waals surface area contributed by atoms with E-state index in [1.807, 2.05) is 0 Å². The average molecular weight is 396 g/mol. The number of aliphatic hydroxyl groups excluding tert-OH is 5. The molecule has 12 heteroatoms. The highest BCUT2D eigenvalue weighted by atomic mass is 16.7. The molecule has 2 aliphatic heterocycles. The first-order valence-corrected chi connectivity index (χ1v) is 8.52. The zero-order valence-electron chi connectivity index (χ0n) is 15.0. The number of hydrogen-bond donors (Lipinski definition) is 7. The highest BCUT2D eigenvalue weighted by Crippen LogP contribution is 2.29. The number of carbonyl (C=O) groups excluding carboxylic acids is 1. The lowest BCUT2D eigenvalue weighted by molar-refractivity contribution is -0.327. The number of ether oxygens (including phenoxy) is 4. The number of methoxy groups -OCH3 is 1. The van der Waals surface area contributed by atoms with Gasteiger partial charge in [0.2, 0.25) is 5.91 Å². The molecule has 27 heavy (non-hydrogen) atoms. The summed E-state index contributed by atoms with van der Waals surface area (Å²) in [6, 6.07) is -2.32. The van der Waals surface area contributed by atoms with Crippen LogP contribution in [0.15, 0.2) is 0 Å². The van der Waals surface area contributed by atoms with Gasteiger partial charge in [-0.25, -0.2) is 0 Å². The number of nitrogens with one attached hydrogen (secondary N) is 1. The van der Waals surface area contributed by atoms with Crippen LogP contribution in [0.1, 0.15) is 6.92 Å². The van der Waals surface area contributed by atoms with E-state index in [-0.39, 0.29) is 0 Å². The highest BCUT2D eigenvalue weighted by molar-refractivity contribution is 5.73. The third kappa shape index (κ3) is 4.74. The largest absolute Gasteiger partial charge is 0.394 e. The van der Waals surface area contributed by atoms with E-state index in [0.29, 0.717) is 0 Å². The summed E-state index contributed by atoms with van der Waals surface area (Å²) in [7, 11) is 1.31. The molecule has 2 aliphatic rings. The van der Waals surface area contributed by atoms with Crippen LogP contribution >= 0.6 is 0 Å². The van der Waals surface area contributed by atoms with Gasteiger partial charge in [0.05, 0.1) is 19.3 Å². The van der Waals surface area contributed by atoms with E-state index in [4.69, 9.17) is 24.7 Å². The van der Waals surface area contributed by atoms with Crippen LogP contribution in [0, 0.1) is 0 Å². The number of carbonyl (C=O) groups is 1. The van der Waals surface area contributed by atoms with Crippen molar-refractivity contribution in [3.8, 4) is 0 Å². The third-order valence-electron chi connectivity index (χ3n) is 4.71. The van der Waals surface area contributed by atoms with Gasteiger partial charge in [-0.3, -0.25) is 4.79 Å². The molecule has 0 aromatic rings. The van der Waals surface area contributed by atoms with E-state index in [1.165, 1.54) is 14.0 Å². The van der Waals surface area contributed by atoms with Gasteiger partial charge < -0.3 is 55.5 Å². The maximum atomic E-state index is 11.5. The van der Waals surface area contributed by atoms with E-state index >= 15 is 0 Å². The number of hydrogen-bond acceptors (Lipinski definition) is 11. The lowest BCUT2D eigenvalue weighted by Crippen LogP contribution is -2.68. The summed E-state index contributed by atoms with van der Waals surface area (Å²) < 4.78 is 21.6. The molecule has 0 aliphatic carbocycles. The molecule has 2 rings (SSSR count). The standard InChI is InChI=1S/C15H28N2O10/c1-5(20)17-9-11(22)12(24-2)6(3-18)26-15(9)27-13-7(4-19)25-14(23)8(16)10(13)21/h6-15,18-19,21-23H,3-4,16H2,1-2H3,(H,17,20)/t6?,7?,8?,9?,10?,11-,12?,13?,14?,15?/m1/s1. The van der Waals surface area contributed by atoms with E-state index in [2.05, 4.69) is 5.32 Å². The molecule has 0 aromatic heterocycles. The van der Waals surface area contributed by atoms with E-state index in [9.17, 15) is 30.3 Å². The van der Waals surface area contributed by atoms with Crippen molar-refractivity contribution >= 4 is 5.91 Å². The molecule has 9 unspecified atom stereocenters. The van der Waals surface area contributed by atoms with Crippen molar-refractivity contribution in [1.82, 2.24) is 5.32 Å². The molecule has 158 valence electrons. The third-order valence-corrected chi connectivity index (χ3v) is 4.71. The Bertz CT molecular complexity index is 495. The van der Waals surface area contributed by atoms with Crippen molar-refractivity contribution in [3.05, 3.63) is 0 Å². The highest BCUT2D eigenvalue weighted by Gasteiger charge is 2.50. The molecule has 8 N–H and O–H groups in total. The fourth-order valence-electron chi connectivity index (χ4n) is 3.29. The predicted octanol–water partition coefficient (Wildman–Crippen LogP) is -4.63. The predicted molar refractivity (Wildman–Crippen MR) is 87.0 cm³/mol. The first-order valence-electron chi connectivity index (χ1n) is 8.52. The molecule has 10 atom stereocenters. The molecular weight excluding hydrogens is 368 g/mol. The maximum absolute atomic E-state index is 11.5. The van der Waals surface area contributed by atoms with Gasteiger partial charge in [0.25, 0.3) is 0 Å². The monoisotopic (exact) mass is 396 g/mol. The summed E-state index contributed by atoms with van der Waals surface area (Å²) >= 11 is 0. The van der Waals surface area contributed by atoms with E-state index in [0.717, 1.165) is 0 Å². The molecule has 2 heterocycles. The second-order valence-electron chi connectivity index (χ2n) is 6.56. The Balaban J connectivity index is 2.24. The molecule has 0 saturated carbocycles. The first-order chi connectivity index (χ1) is 12.7. The van der Waals surface area contributed by atoms with E-state index < -0.39 is 80.4 Å². The lowest BCUT2D eigenvalue weighted by atomic mass is 9.95. The Labute approximate surface area is 155 Å². The Morgan fingerprint density at radius 3 is 2.19 bits per heavy atom. The second kappa shape index (κ2) is 9.52. The summed E-state index contributed by atoms with van der Waals surface area (Å²) in [4.78, 5) is 11.5. The fourth-order valence-corrected chi connectivity index (χ4v) is 3.29. The number of aliphatic hydroxyl groups is 5. The summed E-state index contributed by atoms with van der Waals surface area (Å²) in [5, 5.41) is 52.0. The molecular formula is C15H28N2O10. The van der Waals surface area contributed by atoms with Crippen LogP contribution in [0.25, 0.3) is 0 Å². The fraction of sp³-hybridized carbons (Fsp3) is 0.933. The minimum atomic E-state index is -1.51. The molecule has 12 nitrogen and oxygen atoms in total. The molecule has 0 bridgehead atoms. The van der Waals surface area contributed by atoms with Crippen LogP contribution in [-0.2, 0) is 23.7 Å². The topological polar surface area (TPSA) is 193 Å². The van der Waals surface area contributed by atoms with Crippen molar-refractivity contribution in [2.75, 3.05) is 20.3 Å². The molecule has 0 aromatic carbocycles. The summed E-state index contributed by atoms with van der Waals surface area (Å²) in [5.41, 5.74) is 5.67. The van der Waals surface area contributed by atoms with Crippen molar-refractivity contribution < 1.29 is 49.3 Å². The summed E-state index contributed by atoms with van der Waals surface area (Å²) in [5.74, 6) is -0.486. The Morgan fingerprint density at radius 1 is 1.07 bits per heavy atom. The van der Waals surface area contributed by atoms with Gasteiger partial charge in [-0.15, -0.1) is 0 Å². The van der Waals surface area contributed by atoms with Crippen LogP contribution in [0.4, 0.5) is 0 Å². The first kappa shape index (κ1) is 22.4. The average Bonchev–Trinajstić information content (AvgIpc) is 2.63. The van der Waals surface area contributed by atoms with Gasteiger partial charge in [0, 0.05) is 14.0 Å². The molecule has 1 amide bonds. The minimum absolute atomic E-state index is 0.486. The summed E-state index contributed by atoms with van der Waals surface area (Å²) in [6.45, 7) is 0.119. The molecule has 2 saturated heterocycles. The van der Waals surface area contributed by atoms with Crippen LogP contribution in [0.3, 0.4) is 0 Å². The minimum Gasteiger partial charge on any atom is -0.394 e. The Morgan fingerprint density at radius 2 is 1.67 bits per heavy atom. The van der Waals surface area contributed by atoms with Crippen molar-refractivity contribution in [2.24, 2.45) is 5.73 Å². The van der Waals surface area contributed by atoms with Crippen molar-refractivity contribution in [3.63, 3.8) is 0 Å². The molecule has 0 spiro atoms. The smallest absolute Gasteiger partial charge is 0.217 e. The van der Waals surface area contributed by atoms with Crippen LogP contribution in [-0.4, -0.2) is 113 Å². The van der Waals surface area contributed by atoms with Gasteiger partial charge in [-0.05, 0) is 0 Å².